The quantitative estimate of drug-likeness (QED) is 0.594. The van der Waals surface area contributed by atoms with E-state index in [2.05, 4.69) is 17.2 Å². The van der Waals surface area contributed by atoms with Gasteiger partial charge in [-0.3, -0.25) is 4.79 Å². The Morgan fingerprint density at radius 1 is 1.56 bits per heavy atom. The van der Waals surface area contributed by atoms with Crippen molar-refractivity contribution in [2.75, 3.05) is 13.2 Å². The van der Waals surface area contributed by atoms with E-state index in [4.69, 9.17) is 9.84 Å². The normalized spacial score (nSPS) is 24.5. The highest BCUT2D eigenvalue weighted by atomic mass is 16.5. The third kappa shape index (κ3) is 3.90. The van der Waals surface area contributed by atoms with E-state index in [9.17, 15) is 9.59 Å². The number of nitrogens with one attached hydrogen (secondary N) is 2. The van der Waals surface area contributed by atoms with E-state index in [1.807, 2.05) is 0 Å². The molecule has 1 saturated heterocycles. The number of amides is 1. The van der Waals surface area contributed by atoms with E-state index in [0.717, 1.165) is 0 Å². The summed E-state index contributed by atoms with van der Waals surface area (Å²) in [5, 5.41) is 14.2. The van der Waals surface area contributed by atoms with Gasteiger partial charge in [-0.25, -0.2) is 4.79 Å². The van der Waals surface area contributed by atoms with Crippen molar-refractivity contribution in [1.82, 2.24) is 10.6 Å². The monoisotopic (exact) mass is 228 g/mol. The van der Waals surface area contributed by atoms with Gasteiger partial charge in [-0.15, -0.1) is 0 Å². The fourth-order valence-electron chi connectivity index (χ4n) is 1.53. The summed E-state index contributed by atoms with van der Waals surface area (Å²) >= 11 is 0. The Morgan fingerprint density at radius 3 is 2.81 bits per heavy atom. The second-order valence-electron chi connectivity index (χ2n) is 3.60. The number of hydrogen-bond donors (Lipinski definition) is 3. The fourth-order valence-corrected chi connectivity index (χ4v) is 1.53. The summed E-state index contributed by atoms with van der Waals surface area (Å²) < 4.78 is 4.76. The topological polar surface area (TPSA) is 87.7 Å². The summed E-state index contributed by atoms with van der Waals surface area (Å²) in [5.74, 6) is -0.854. The first-order chi connectivity index (χ1) is 7.63. The maximum absolute atomic E-state index is 11.2. The summed E-state index contributed by atoms with van der Waals surface area (Å²) in [6.45, 7) is 4.04. The summed E-state index contributed by atoms with van der Waals surface area (Å²) in [4.78, 5) is 21.8. The van der Waals surface area contributed by atoms with E-state index in [1.54, 1.807) is 0 Å². The highest BCUT2D eigenvalue weighted by Gasteiger charge is 2.26. The summed E-state index contributed by atoms with van der Waals surface area (Å²) in [5.41, 5.74) is 0. The van der Waals surface area contributed by atoms with Crippen LogP contribution in [0.25, 0.3) is 0 Å². The molecule has 90 valence electrons. The minimum absolute atomic E-state index is 0.0760. The Bertz CT molecular complexity index is 272. The second kappa shape index (κ2) is 6.12. The van der Waals surface area contributed by atoms with E-state index >= 15 is 0 Å². The van der Waals surface area contributed by atoms with Gasteiger partial charge in [-0.05, 0) is 12.8 Å². The van der Waals surface area contributed by atoms with Crippen LogP contribution in [-0.4, -0.2) is 42.4 Å². The first-order valence-electron chi connectivity index (χ1n) is 5.14. The second-order valence-corrected chi connectivity index (χ2v) is 3.60. The van der Waals surface area contributed by atoms with E-state index in [1.165, 1.54) is 6.08 Å². The van der Waals surface area contributed by atoms with Crippen LogP contribution in [0.5, 0.6) is 0 Å². The van der Waals surface area contributed by atoms with Gasteiger partial charge >= 0.3 is 12.1 Å². The van der Waals surface area contributed by atoms with Crippen LogP contribution in [0.15, 0.2) is 12.7 Å². The molecular weight excluding hydrogens is 212 g/mol. The van der Waals surface area contributed by atoms with Crippen LogP contribution in [0.2, 0.25) is 0 Å². The Balaban J connectivity index is 2.23. The molecule has 1 aliphatic rings. The average Bonchev–Trinajstić information content (AvgIpc) is 2.27. The van der Waals surface area contributed by atoms with Crippen molar-refractivity contribution in [3.05, 3.63) is 12.7 Å². The lowest BCUT2D eigenvalue weighted by molar-refractivity contribution is -0.140. The number of carbonyl (C=O) groups excluding carboxylic acids is 1. The number of carboxylic acids is 1. The highest BCUT2D eigenvalue weighted by Crippen LogP contribution is 2.08. The summed E-state index contributed by atoms with van der Waals surface area (Å²) in [6.07, 6.45) is 2.12. The molecule has 16 heavy (non-hydrogen) atoms. The number of ether oxygens (including phenoxy) is 1. The maximum atomic E-state index is 11.2. The van der Waals surface area contributed by atoms with Gasteiger partial charge in [0, 0.05) is 12.6 Å². The first kappa shape index (κ1) is 12.5. The van der Waals surface area contributed by atoms with Crippen LogP contribution in [0.3, 0.4) is 0 Å². The predicted molar refractivity (Wildman–Crippen MR) is 57.1 cm³/mol. The van der Waals surface area contributed by atoms with Crippen molar-refractivity contribution >= 4 is 12.1 Å². The third-order valence-electron chi connectivity index (χ3n) is 2.37. The minimum atomic E-state index is -0.854. The Morgan fingerprint density at radius 2 is 2.31 bits per heavy atom. The van der Waals surface area contributed by atoms with Crippen molar-refractivity contribution in [1.29, 1.82) is 0 Å². The molecular formula is C10H16N2O4. The Kier molecular flexibility index (Phi) is 4.78. The molecule has 6 heteroatoms. The smallest absolute Gasteiger partial charge is 0.407 e. The van der Waals surface area contributed by atoms with Crippen LogP contribution in [0.1, 0.15) is 12.8 Å². The molecule has 1 amide bonds. The number of carboxylic acid groups (broad SMARTS) is 1. The number of rotatable bonds is 4. The van der Waals surface area contributed by atoms with Crippen molar-refractivity contribution in [2.45, 2.75) is 24.9 Å². The van der Waals surface area contributed by atoms with Crippen molar-refractivity contribution < 1.29 is 19.4 Å². The van der Waals surface area contributed by atoms with E-state index < -0.39 is 18.1 Å². The molecule has 0 spiro atoms. The van der Waals surface area contributed by atoms with Gasteiger partial charge < -0.3 is 20.5 Å². The van der Waals surface area contributed by atoms with Crippen LogP contribution < -0.4 is 10.6 Å². The zero-order valence-corrected chi connectivity index (χ0v) is 8.94. The van der Waals surface area contributed by atoms with Gasteiger partial charge in [0.15, 0.2) is 0 Å². The first-order valence-corrected chi connectivity index (χ1v) is 5.14. The molecule has 0 bridgehead atoms. The average molecular weight is 228 g/mol. The predicted octanol–water partition coefficient (Wildman–Crippen LogP) is 0.104. The molecule has 0 aromatic carbocycles. The number of alkyl carbamates (subject to hydrolysis) is 1. The van der Waals surface area contributed by atoms with Crippen molar-refractivity contribution in [3.8, 4) is 0 Å². The van der Waals surface area contributed by atoms with Gasteiger partial charge in [-0.1, -0.05) is 12.7 Å². The SMILES string of the molecule is C=CCOC(=O)N[C@H]1CC[C@@H](C(=O)O)NC1. The molecule has 1 aliphatic heterocycles. The lowest BCUT2D eigenvalue weighted by Crippen LogP contribution is -2.52. The standard InChI is InChI=1S/C10H16N2O4/c1-2-5-16-10(15)12-7-3-4-8(9(13)14)11-6-7/h2,7-8,11H,1,3-6H2,(H,12,15)(H,13,14)/t7-,8-/m0/s1. The molecule has 2 atom stereocenters. The van der Waals surface area contributed by atoms with Crippen LogP contribution in [-0.2, 0) is 9.53 Å². The molecule has 0 aromatic rings. The number of aliphatic carboxylic acids is 1. The Hall–Kier alpha value is -1.56. The molecule has 6 nitrogen and oxygen atoms in total. The molecule has 0 saturated carbocycles. The van der Waals surface area contributed by atoms with Crippen LogP contribution in [0.4, 0.5) is 4.79 Å². The van der Waals surface area contributed by atoms with Crippen molar-refractivity contribution in [3.63, 3.8) is 0 Å². The molecule has 3 N–H and O–H groups in total. The molecule has 0 unspecified atom stereocenters. The molecule has 0 radical (unpaired) electrons. The largest absolute Gasteiger partial charge is 0.480 e. The number of piperidine rings is 1. The van der Waals surface area contributed by atoms with Crippen molar-refractivity contribution in [2.24, 2.45) is 0 Å². The van der Waals surface area contributed by atoms with Gasteiger partial charge in [0.25, 0.3) is 0 Å². The van der Waals surface area contributed by atoms with Gasteiger partial charge in [0.1, 0.15) is 12.6 Å². The van der Waals surface area contributed by atoms with Gasteiger partial charge in [-0.2, -0.15) is 0 Å². The molecule has 1 fully saturated rings. The van der Waals surface area contributed by atoms with Crippen LogP contribution >= 0.6 is 0 Å². The fraction of sp³-hybridized carbons (Fsp3) is 0.600. The zero-order valence-electron chi connectivity index (χ0n) is 8.94. The lowest BCUT2D eigenvalue weighted by atomic mass is 10.0. The number of hydrogen-bond acceptors (Lipinski definition) is 4. The van der Waals surface area contributed by atoms with Gasteiger partial charge in [0.05, 0.1) is 0 Å². The summed E-state index contributed by atoms with van der Waals surface area (Å²) in [7, 11) is 0. The third-order valence-corrected chi connectivity index (χ3v) is 2.37. The van der Waals surface area contributed by atoms with E-state index in [-0.39, 0.29) is 12.6 Å². The Labute approximate surface area is 93.7 Å². The van der Waals surface area contributed by atoms with Gasteiger partial charge in [0.2, 0.25) is 0 Å². The van der Waals surface area contributed by atoms with E-state index in [0.29, 0.717) is 19.4 Å². The zero-order chi connectivity index (χ0) is 12.0. The molecule has 1 heterocycles. The summed E-state index contributed by atoms with van der Waals surface area (Å²) in [6, 6.07) is -0.588. The maximum Gasteiger partial charge on any atom is 0.407 e. The minimum Gasteiger partial charge on any atom is -0.480 e. The molecule has 0 aromatic heterocycles. The van der Waals surface area contributed by atoms with Crippen LogP contribution in [0, 0.1) is 0 Å². The molecule has 0 aliphatic carbocycles. The lowest BCUT2D eigenvalue weighted by Gasteiger charge is -2.27. The number of carbonyl (C=O) groups is 2. The molecule has 1 rings (SSSR count). The highest BCUT2D eigenvalue weighted by molar-refractivity contribution is 5.73.